The van der Waals surface area contributed by atoms with Gasteiger partial charge >= 0.3 is 5.97 Å². The second kappa shape index (κ2) is 8.63. The van der Waals surface area contributed by atoms with Crippen molar-refractivity contribution in [2.75, 3.05) is 7.11 Å². The molecule has 4 nitrogen and oxygen atoms in total. The lowest BCUT2D eigenvalue weighted by Gasteiger charge is -2.64. The van der Waals surface area contributed by atoms with E-state index in [4.69, 9.17) is 4.74 Å². The van der Waals surface area contributed by atoms with Gasteiger partial charge in [-0.25, -0.2) is 0 Å². The highest BCUT2D eigenvalue weighted by atomic mass is 16.5. The Balaban J connectivity index is 1.58. The Labute approximate surface area is 189 Å². The van der Waals surface area contributed by atoms with Gasteiger partial charge < -0.3 is 14.9 Å². The molecular formula is C27H46O4. The molecule has 0 aromatic rings. The van der Waals surface area contributed by atoms with Crippen molar-refractivity contribution < 1.29 is 19.7 Å². The summed E-state index contributed by atoms with van der Waals surface area (Å²) >= 11 is 0. The van der Waals surface area contributed by atoms with Crippen LogP contribution in [0.5, 0.6) is 0 Å². The number of carbonyl (C=O) groups is 1. The summed E-state index contributed by atoms with van der Waals surface area (Å²) in [5.74, 6) is 3.41. The first-order chi connectivity index (χ1) is 14.7. The second-order valence-corrected chi connectivity index (χ2v) is 12.2. The molecule has 4 rings (SSSR count). The van der Waals surface area contributed by atoms with Crippen LogP contribution in [0, 0.1) is 52.3 Å². The summed E-state index contributed by atoms with van der Waals surface area (Å²) in [6, 6.07) is 0. The van der Waals surface area contributed by atoms with E-state index in [9.17, 15) is 15.0 Å². The van der Waals surface area contributed by atoms with Gasteiger partial charge in [-0.15, -0.1) is 0 Å². The Morgan fingerprint density at radius 1 is 1.03 bits per heavy atom. The molecule has 0 radical (unpaired) electrons. The van der Waals surface area contributed by atoms with Gasteiger partial charge in [0.25, 0.3) is 0 Å². The molecule has 4 aliphatic rings. The Bertz CT molecular complexity index is 664. The monoisotopic (exact) mass is 434 g/mol. The lowest BCUT2D eigenvalue weighted by molar-refractivity contribution is -0.203. The van der Waals surface area contributed by atoms with Crippen molar-refractivity contribution in [2.24, 2.45) is 52.3 Å². The number of hydrogen-bond acceptors (Lipinski definition) is 4. The van der Waals surface area contributed by atoms with Gasteiger partial charge in [-0.05, 0) is 104 Å². The molecule has 4 heteroatoms. The fraction of sp³-hybridized carbons (Fsp3) is 0.963. The van der Waals surface area contributed by atoms with E-state index in [1.807, 2.05) is 0 Å². The fourth-order valence-corrected chi connectivity index (χ4v) is 9.58. The topological polar surface area (TPSA) is 66.8 Å². The van der Waals surface area contributed by atoms with Gasteiger partial charge in [-0.1, -0.05) is 34.1 Å². The van der Waals surface area contributed by atoms with Crippen LogP contribution in [0.2, 0.25) is 0 Å². The highest BCUT2D eigenvalue weighted by Gasteiger charge is 2.64. The SMILES string of the molecule is CCC1C2C[C@H](O)CC[C@]2(C)C2CC[C@@]3(C)C(CC[C@@H]3[C@H](C)CCC(=O)OC)C2[C@@H]1O. The molecule has 4 fully saturated rings. The number of aliphatic hydroxyl groups excluding tert-OH is 2. The van der Waals surface area contributed by atoms with Crippen LogP contribution in [0.15, 0.2) is 0 Å². The minimum Gasteiger partial charge on any atom is -0.469 e. The third-order valence-electron chi connectivity index (χ3n) is 11.2. The molecule has 0 saturated heterocycles. The maximum atomic E-state index is 11.8. The van der Waals surface area contributed by atoms with Crippen LogP contribution in [0.25, 0.3) is 0 Å². The molecule has 0 bridgehead atoms. The lowest BCUT2D eigenvalue weighted by atomic mass is 9.41. The van der Waals surface area contributed by atoms with Crippen LogP contribution in [-0.4, -0.2) is 35.5 Å². The van der Waals surface area contributed by atoms with Gasteiger partial charge in [0.15, 0.2) is 0 Å². The summed E-state index contributed by atoms with van der Waals surface area (Å²) < 4.78 is 4.88. The summed E-state index contributed by atoms with van der Waals surface area (Å²) in [4.78, 5) is 11.7. The molecule has 0 aliphatic heterocycles. The molecule has 5 unspecified atom stereocenters. The predicted octanol–water partition coefficient (Wildman–Crippen LogP) is 5.20. The summed E-state index contributed by atoms with van der Waals surface area (Å²) in [6.07, 6.45) is 9.87. The molecule has 2 N–H and O–H groups in total. The van der Waals surface area contributed by atoms with Crippen molar-refractivity contribution in [3.63, 3.8) is 0 Å². The number of methoxy groups -OCH3 is 1. The van der Waals surface area contributed by atoms with Gasteiger partial charge in [0.1, 0.15) is 0 Å². The molecule has 178 valence electrons. The largest absolute Gasteiger partial charge is 0.469 e. The van der Waals surface area contributed by atoms with Gasteiger partial charge in [-0.2, -0.15) is 0 Å². The molecule has 0 amide bonds. The summed E-state index contributed by atoms with van der Waals surface area (Å²) in [7, 11) is 1.48. The average Bonchev–Trinajstić information content (AvgIpc) is 3.10. The van der Waals surface area contributed by atoms with Crippen molar-refractivity contribution in [3.8, 4) is 0 Å². The Morgan fingerprint density at radius 3 is 2.39 bits per heavy atom. The average molecular weight is 435 g/mol. The zero-order valence-corrected chi connectivity index (χ0v) is 20.5. The lowest BCUT2D eigenvalue weighted by Crippen LogP contribution is -2.62. The van der Waals surface area contributed by atoms with E-state index < -0.39 is 0 Å². The number of carbonyl (C=O) groups excluding carboxylic acids is 1. The van der Waals surface area contributed by atoms with Gasteiger partial charge in [0.2, 0.25) is 0 Å². The quantitative estimate of drug-likeness (QED) is 0.584. The van der Waals surface area contributed by atoms with Crippen LogP contribution < -0.4 is 0 Å². The number of aliphatic hydroxyl groups is 2. The molecule has 0 heterocycles. The molecule has 0 spiro atoms. The first kappa shape index (κ1) is 23.5. The summed E-state index contributed by atoms with van der Waals surface area (Å²) in [5, 5.41) is 22.2. The van der Waals surface area contributed by atoms with Crippen molar-refractivity contribution in [1.29, 1.82) is 0 Å². The van der Waals surface area contributed by atoms with Crippen LogP contribution in [0.3, 0.4) is 0 Å². The molecule has 31 heavy (non-hydrogen) atoms. The highest BCUT2D eigenvalue weighted by Crippen LogP contribution is 2.69. The third kappa shape index (κ3) is 3.68. The number of fused-ring (bicyclic) bond motifs is 5. The van der Waals surface area contributed by atoms with Crippen LogP contribution in [0.4, 0.5) is 0 Å². The zero-order valence-electron chi connectivity index (χ0n) is 20.5. The molecule has 0 aromatic carbocycles. The molecule has 0 aromatic heterocycles. The fourth-order valence-electron chi connectivity index (χ4n) is 9.58. The van der Waals surface area contributed by atoms with Gasteiger partial charge in [0, 0.05) is 6.42 Å². The molecule has 11 atom stereocenters. The van der Waals surface area contributed by atoms with E-state index in [1.165, 1.54) is 32.8 Å². The Kier molecular flexibility index (Phi) is 6.55. The summed E-state index contributed by atoms with van der Waals surface area (Å²) in [5.41, 5.74) is 0.535. The number of esters is 1. The predicted molar refractivity (Wildman–Crippen MR) is 122 cm³/mol. The van der Waals surface area contributed by atoms with Crippen LogP contribution in [0.1, 0.15) is 91.9 Å². The Morgan fingerprint density at radius 2 is 1.71 bits per heavy atom. The van der Waals surface area contributed by atoms with Gasteiger partial charge in [0.05, 0.1) is 19.3 Å². The van der Waals surface area contributed by atoms with Crippen molar-refractivity contribution in [1.82, 2.24) is 0 Å². The number of ether oxygens (including phenoxy) is 1. The maximum absolute atomic E-state index is 11.8. The van der Waals surface area contributed by atoms with Crippen molar-refractivity contribution in [3.05, 3.63) is 0 Å². The maximum Gasteiger partial charge on any atom is 0.305 e. The smallest absolute Gasteiger partial charge is 0.305 e. The van der Waals surface area contributed by atoms with Crippen molar-refractivity contribution in [2.45, 2.75) is 104 Å². The van der Waals surface area contributed by atoms with E-state index >= 15 is 0 Å². The second-order valence-electron chi connectivity index (χ2n) is 12.2. The van der Waals surface area contributed by atoms with E-state index in [-0.39, 0.29) is 29.0 Å². The first-order valence-electron chi connectivity index (χ1n) is 13.1. The summed E-state index contributed by atoms with van der Waals surface area (Å²) in [6.45, 7) is 9.58. The highest BCUT2D eigenvalue weighted by molar-refractivity contribution is 5.69. The third-order valence-corrected chi connectivity index (χ3v) is 11.2. The zero-order chi connectivity index (χ0) is 22.6. The van der Waals surface area contributed by atoms with Crippen molar-refractivity contribution >= 4 is 5.97 Å². The minimum atomic E-state index is -0.230. The van der Waals surface area contributed by atoms with Crippen LogP contribution >= 0.6 is 0 Å². The Hall–Kier alpha value is -0.610. The molecule has 4 aliphatic carbocycles. The number of hydrogen-bond donors (Lipinski definition) is 2. The van der Waals surface area contributed by atoms with E-state index in [1.54, 1.807) is 0 Å². The van der Waals surface area contributed by atoms with E-state index in [0.29, 0.717) is 47.8 Å². The standard InChI is InChI=1S/C27H46O4/c1-6-18-22-15-17(28)11-13-27(22,4)21-12-14-26(3)19(16(2)7-10-23(29)31-5)8-9-20(26)24(21)25(18)30/h16-22,24-25,28,30H,6-15H2,1-5H3/t16-,17-,18?,19-,20?,21?,22?,24?,25-,26-,27-/m1/s1. The van der Waals surface area contributed by atoms with E-state index in [0.717, 1.165) is 32.1 Å². The van der Waals surface area contributed by atoms with Crippen LogP contribution in [-0.2, 0) is 9.53 Å². The first-order valence-corrected chi connectivity index (χ1v) is 13.1. The van der Waals surface area contributed by atoms with Gasteiger partial charge in [-0.3, -0.25) is 4.79 Å². The molecular weight excluding hydrogens is 388 g/mol. The number of rotatable bonds is 5. The normalized spacial score (nSPS) is 50.2. The minimum absolute atomic E-state index is 0.0952. The van der Waals surface area contributed by atoms with E-state index in [2.05, 4.69) is 27.7 Å². The molecule has 4 saturated carbocycles.